The zero-order chi connectivity index (χ0) is 21.6. The Hall–Kier alpha value is -2.08. The summed E-state index contributed by atoms with van der Waals surface area (Å²) in [6.45, 7) is 5.87. The van der Waals surface area contributed by atoms with Gasteiger partial charge >= 0.3 is 0 Å². The van der Waals surface area contributed by atoms with Crippen LogP contribution in [-0.4, -0.2) is 69.0 Å². The van der Waals surface area contributed by atoms with Crippen LogP contribution < -0.4 is 10.6 Å². The lowest BCUT2D eigenvalue weighted by atomic mass is 9.84. The van der Waals surface area contributed by atoms with E-state index in [0.29, 0.717) is 12.6 Å². The monoisotopic (exact) mass is 413 g/mol. The fourth-order valence-corrected chi connectivity index (χ4v) is 4.96. The van der Waals surface area contributed by atoms with Crippen molar-refractivity contribution in [3.8, 4) is 0 Å². The van der Waals surface area contributed by atoms with Gasteiger partial charge in [0.1, 0.15) is 0 Å². The largest absolute Gasteiger partial charge is 0.355 e. The van der Waals surface area contributed by atoms with E-state index >= 15 is 0 Å². The molecule has 0 aromatic heterocycles. The van der Waals surface area contributed by atoms with Crippen molar-refractivity contribution in [1.29, 1.82) is 0 Å². The molecule has 1 aromatic rings. The third kappa shape index (κ3) is 5.34. The minimum absolute atomic E-state index is 0.234. The number of nitrogens with one attached hydrogen (secondary N) is 2. The van der Waals surface area contributed by atoms with E-state index in [-0.39, 0.29) is 11.3 Å². The summed E-state index contributed by atoms with van der Waals surface area (Å²) in [5.41, 5.74) is 2.34. The number of hydrogen-bond donors (Lipinski definition) is 2. The van der Waals surface area contributed by atoms with E-state index < -0.39 is 0 Å². The summed E-state index contributed by atoms with van der Waals surface area (Å²) in [7, 11) is 5.52. The summed E-state index contributed by atoms with van der Waals surface area (Å²) in [5.74, 6) is 1.02. The van der Waals surface area contributed by atoms with E-state index in [4.69, 9.17) is 0 Å². The quantitative estimate of drug-likeness (QED) is 0.533. The Labute approximate surface area is 182 Å². The first kappa shape index (κ1) is 22.6. The van der Waals surface area contributed by atoms with Gasteiger partial charge in [-0.15, -0.1) is 0 Å². The number of likely N-dealkylation sites (tertiary alicyclic amines) is 1. The standard InChI is InChI=1S/C24H39N5O/c1-19-9-11-20(12-10-19)21(29-15-7-8-16-29)17-26-23(25-2)27-18-24(13-5-6-14-24)22(30)28(3)4/h9-12,21H,5-8,13-18H2,1-4H3,(H2,25,26,27). The number of rotatable bonds is 7. The fourth-order valence-electron chi connectivity index (χ4n) is 4.96. The number of carbonyl (C=O) groups is 1. The van der Waals surface area contributed by atoms with E-state index in [2.05, 4.69) is 51.7 Å². The van der Waals surface area contributed by atoms with Crippen LogP contribution in [0.3, 0.4) is 0 Å². The van der Waals surface area contributed by atoms with Gasteiger partial charge in [0.15, 0.2) is 5.96 Å². The Kier molecular flexibility index (Phi) is 7.75. The average Bonchev–Trinajstić information content (AvgIpc) is 3.44. The molecule has 166 valence electrons. The minimum atomic E-state index is -0.299. The molecule has 0 bridgehead atoms. The van der Waals surface area contributed by atoms with Crippen LogP contribution in [-0.2, 0) is 4.79 Å². The van der Waals surface area contributed by atoms with Gasteiger partial charge in [0.25, 0.3) is 0 Å². The third-order valence-electron chi connectivity index (χ3n) is 6.74. The molecule has 1 atom stereocenters. The SMILES string of the molecule is CN=C(NCC(c1ccc(C)cc1)N1CCCC1)NCC1(C(=O)N(C)C)CCCC1. The first-order chi connectivity index (χ1) is 14.4. The second-order valence-electron chi connectivity index (χ2n) is 9.16. The number of aryl methyl sites for hydroxylation is 1. The molecule has 1 aliphatic heterocycles. The van der Waals surface area contributed by atoms with Gasteiger partial charge in [-0.2, -0.15) is 0 Å². The normalized spacial score (nSPS) is 20.2. The van der Waals surface area contributed by atoms with E-state index in [1.165, 1.54) is 24.0 Å². The molecule has 1 heterocycles. The lowest BCUT2D eigenvalue weighted by Gasteiger charge is -2.32. The van der Waals surface area contributed by atoms with Gasteiger partial charge in [-0.25, -0.2) is 0 Å². The highest BCUT2D eigenvalue weighted by Crippen LogP contribution is 2.38. The van der Waals surface area contributed by atoms with Gasteiger partial charge in [0.05, 0.1) is 11.5 Å². The summed E-state index contributed by atoms with van der Waals surface area (Å²) in [4.78, 5) is 21.6. The number of aliphatic imine (C=N–C) groups is 1. The molecular weight excluding hydrogens is 374 g/mol. The predicted octanol–water partition coefficient (Wildman–Crippen LogP) is 2.95. The molecule has 6 heteroatoms. The second-order valence-corrected chi connectivity index (χ2v) is 9.16. The van der Waals surface area contributed by atoms with Crippen molar-refractivity contribution >= 4 is 11.9 Å². The summed E-state index contributed by atoms with van der Waals surface area (Å²) in [6.07, 6.45) is 6.69. The van der Waals surface area contributed by atoms with Gasteiger partial charge in [-0.05, 0) is 51.3 Å². The smallest absolute Gasteiger partial charge is 0.230 e. The van der Waals surface area contributed by atoms with Crippen LogP contribution in [0.25, 0.3) is 0 Å². The number of benzene rings is 1. The molecule has 2 fully saturated rings. The van der Waals surface area contributed by atoms with E-state index in [1.807, 2.05) is 14.1 Å². The number of hydrogen-bond acceptors (Lipinski definition) is 3. The van der Waals surface area contributed by atoms with Crippen LogP contribution >= 0.6 is 0 Å². The summed E-state index contributed by atoms with van der Waals surface area (Å²) >= 11 is 0. The summed E-state index contributed by atoms with van der Waals surface area (Å²) < 4.78 is 0. The van der Waals surface area contributed by atoms with Crippen LogP contribution in [0.15, 0.2) is 29.3 Å². The maximum Gasteiger partial charge on any atom is 0.230 e. The molecule has 30 heavy (non-hydrogen) atoms. The Morgan fingerprint density at radius 2 is 1.73 bits per heavy atom. The Bertz CT molecular complexity index is 716. The zero-order valence-electron chi connectivity index (χ0n) is 19.2. The molecule has 1 aliphatic carbocycles. The van der Waals surface area contributed by atoms with Gasteiger partial charge in [0, 0.05) is 34.2 Å². The molecule has 2 aliphatic rings. The molecular formula is C24H39N5O. The average molecular weight is 414 g/mol. The molecule has 1 aromatic carbocycles. The van der Waals surface area contributed by atoms with Crippen LogP contribution in [0.1, 0.15) is 55.7 Å². The molecule has 1 amide bonds. The number of nitrogens with zero attached hydrogens (tertiary/aromatic N) is 3. The Morgan fingerprint density at radius 3 is 2.30 bits per heavy atom. The topological polar surface area (TPSA) is 60.0 Å². The van der Waals surface area contributed by atoms with Gasteiger partial charge in [-0.1, -0.05) is 42.7 Å². The van der Waals surface area contributed by atoms with Crippen LogP contribution in [0.2, 0.25) is 0 Å². The lowest BCUT2D eigenvalue weighted by Crippen LogP contribution is -2.50. The molecule has 2 N–H and O–H groups in total. The number of amides is 1. The van der Waals surface area contributed by atoms with E-state index in [1.54, 1.807) is 11.9 Å². The van der Waals surface area contributed by atoms with Crippen LogP contribution in [0.5, 0.6) is 0 Å². The maximum atomic E-state index is 12.8. The van der Waals surface area contributed by atoms with Crippen molar-refractivity contribution in [3.05, 3.63) is 35.4 Å². The highest BCUT2D eigenvalue weighted by atomic mass is 16.2. The maximum absolute atomic E-state index is 12.8. The highest BCUT2D eigenvalue weighted by molar-refractivity contribution is 5.85. The van der Waals surface area contributed by atoms with Crippen LogP contribution in [0, 0.1) is 12.3 Å². The second kappa shape index (κ2) is 10.3. The molecule has 6 nitrogen and oxygen atoms in total. The van der Waals surface area contributed by atoms with Crippen molar-refractivity contribution in [1.82, 2.24) is 20.4 Å². The Balaban J connectivity index is 1.63. The van der Waals surface area contributed by atoms with E-state index in [0.717, 1.165) is 51.3 Å². The lowest BCUT2D eigenvalue weighted by molar-refractivity contribution is -0.138. The molecule has 3 rings (SSSR count). The van der Waals surface area contributed by atoms with Crippen molar-refractivity contribution in [2.24, 2.45) is 10.4 Å². The van der Waals surface area contributed by atoms with Crippen LogP contribution in [0.4, 0.5) is 0 Å². The summed E-state index contributed by atoms with van der Waals surface area (Å²) in [6, 6.07) is 9.22. The third-order valence-corrected chi connectivity index (χ3v) is 6.74. The fraction of sp³-hybridized carbons (Fsp3) is 0.667. The zero-order valence-corrected chi connectivity index (χ0v) is 19.2. The van der Waals surface area contributed by atoms with Gasteiger partial charge < -0.3 is 15.5 Å². The first-order valence-electron chi connectivity index (χ1n) is 11.4. The molecule has 1 saturated carbocycles. The number of carbonyl (C=O) groups excluding carboxylic acids is 1. The predicted molar refractivity (Wildman–Crippen MR) is 124 cm³/mol. The van der Waals surface area contributed by atoms with Crippen molar-refractivity contribution in [2.75, 3.05) is 47.3 Å². The van der Waals surface area contributed by atoms with E-state index in [9.17, 15) is 4.79 Å². The summed E-state index contributed by atoms with van der Waals surface area (Å²) in [5, 5.41) is 7.01. The molecule has 1 unspecified atom stereocenters. The molecule has 1 saturated heterocycles. The van der Waals surface area contributed by atoms with Gasteiger partial charge in [-0.3, -0.25) is 14.7 Å². The first-order valence-corrected chi connectivity index (χ1v) is 11.4. The van der Waals surface area contributed by atoms with Gasteiger partial charge in [0.2, 0.25) is 5.91 Å². The minimum Gasteiger partial charge on any atom is -0.355 e. The number of guanidine groups is 1. The molecule has 0 spiro atoms. The van der Waals surface area contributed by atoms with Crippen molar-refractivity contribution < 1.29 is 4.79 Å². The highest BCUT2D eigenvalue weighted by Gasteiger charge is 2.42. The molecule has 0 radical (unpaired) electrons. The Morgan fingerprint density at radius 1 is 1.10 bits per heavy atom. The van der Waals surface area contributed by atoms with Crippen molar-refractivity contribution in [2.45, 2.75) is 51.5 Å². The van der Waals surface area contributed by atoms with Crippen molar-refractivity contribution in [3.63, 3.8) is 0 Å².